The topological polar surface area (TPSA) is 86.7 Å². The molecule has 0 N–H and O–H groups in total. The zero-order valence-corrected chi connectivity index (χ0v) is 29.8. The summed E-state index contributed by atoms with van der Waals surface area (Å²) in [6, 6.07) is 28.9. The molecule has 8 rings (SSSR count). The van der Waals surface area contributed by atoms with E-state index in [1.807, 2.05) is 30.3 Å². The summed E-state index contributed by atoms with van der Waals surface area (Å²) in [5.41, 5.74) is 3.22. The molecule has 6 atom stereocenters. The molecular weight excluding hydrogens is 680 g/mol. The summed E-state index contributed by atoms with van der Waals surface area (Å²) in [5, 5.41) is 0. The molecule has 4 aliphatic carbocycles. The second-order valence-electron chi connectivity index (χ2n) is 14.4. The lowest BCUT2D eigenvalue weighted by Gasteiger charge is -2.17. The molecule has 7 heteroatoms. The average Bonchev–Trinajstić information content (AvgIpc) is 4.04. The minimum Gasteiger partial charge on any atom is -0.462 e. The van der Waals surface area contributed by atoms with E-state index in [4.69, 9.17) is 9.47 Å². The van der Waals surface area contributed by atoms with Gasteiger partial charge in [-0.25, -0.2) is 9.18 Å². The molecule has 0 aromatic heterocycles. The van der Waals surface area contributed by atoms with Crippen LogP contribution in [0, 0.1) is 41.3 Å². The number of rotatable bonds is 11. The highest BCUT2D eigenvalue weighted by molar-refractivity contribution is 6.09. The Kier molecular flexibility index (Phi) is 11.3. The number of allylic oxidation sites excluding steroid dienone is 5. The fourth-order valence-electron chi connectivity index (χ4n) is 7.79. The van der Waals surface area contributed by atoms with Crippen LogP contribution < -0.4 is 4.74 Å². The molecule has 2 fully saturated rings. The molecule has 0 radical (unpaired) electrons. The Bertz CT molecular complexity index is 2110. The number of benzene rings is 4. The molecule has 0 amide bonds. The van der Waals surface area contributed by atoms with Crippen molar-refractivity contribution in [2.24, 2.45) is 35.5 Å². The lowest BCUT2D eigenvalue weighted by molar-refractivity contribution is -0.140. The number of halogens is 1. The van der Waals surface area contributed by atoms with Crippen molar-refractivity contribution in [3.05, 3.63) is 173 Å². The molecule has 54 heavy (non-hydrogen) atoms. The second-order valence-corrected chi connectivity index (χ2v) is 14.4. The van der Waals surface area contributed by atoms with Gasteiger partial charge in [-0.05, 0) is 115 Å². The Morgan fingerprint density at radius 2 is 1.28 bits per heavy atom. The third-order valence-corrected chi connectivity index (χ3v) is 10.7. The van der Waals surface area contributed by atoms with E-state index >= 15 is 0 Å². The fraction of sp³-hybridized carbons (Fsp3) is 0.234. The van der Waals surface area contributed by atoms with Crippen molar-refractivity contribution in [2.75, 3.05) is 6.61 Å². The van der Waals surface area contributed by atoms with Crippen LogP contribution in [0.4, 0.5) is 4.39 Å². The molecule has 6 unspecified atom stereocenters. The Morgan fingerprint density at radius 1 is 0.630 bits per heavy atom. The number of carbonyl (C=O) groups excluding carboxylic acids is 4. The Labute approximate surface area is 314 Å². The summed E-state index contributed by atoms with van der Waals surface area (Å²) < 4.78 is 23.9. The van der Waals surface area contributed by atoms with Crippen molar-refractivity contribution < 1.29 is 33.0 Å². The molecule has 4 aliphatic rings. The van der Waals surface area contributed by atoms with E-state index in [0.717, 1.165) is 30.4 Å². The van der Waals surface area contributed by atoms with Gasteiger partial charge in [-0.3, -0.25) is 14.4 Å². The van der Waals surface area contributed by atoms with Gasteiger partial charge in [0, 0.05) is 22.8 Å². The van der Waals surface area contributed by atoms with Crippen LogP contribution in [0.1, 0.15) is 63.1 Å². The van der Waals surface area contributed by atoms with Crippen LogP contribution in [0.25, 0.3) is 12.2 Å². The van der Waals surface area contributed by atoms with E-state index in [9.17, 15) is 23.6 Å². The molecule has 4 aromatic rings. The molecule has 0 heterocycles. The number of esters is 2. The molecule has 6 nitrogen and oxygen atoms in total. The van der Waals surface area contributed by atoms with Crippen molar-refractivity contribution in [1.82, 2.24) is 0 Å². The first-order valence-electron chi connectivity index (χ1n) is 18.5. The number of hydrogen-bond donors (Lipinski definition) is 0. The van der Waals surface area contributed by atoms with E-state index in [-0.39, 0.29) is 35.2 Å². The van der Waals surface area contributed by atoms with E-state index in [0.29, 0.717) is 58.6 Å². The number of ether oxygens (including phenoxy) is 2. The average molecular weight is 721 g/mol. The largest absolute Gasteiger partial charge is 0.462 e. The molecule has 272 valence electrons. The zero-order valence-electron chi connectivity index (χ0n) is 29.8. The molecule has 2 saturated carbocycles. The summed E-state index contributed by atoms with van der Waals surface area (Å²) in [5.74, 6) is 1.69. The summed E-state index contributed by atoms with van der Waals surface area (Å²) >= 11 is 0. The minimum atomic E-state index is -0.374. The van der Waals surface area contributed by atoms with Gasteiger partial charge in [0.25, 0.3) is 0 Å². The SMILES string of the molecule is O=C(/C=C/c1ccc(C(=O)c2ccc(F)cc2)cc1)OCC1CC2C=CC1C2.O=C(/C=C/c1ccccc1)c1cccc(OC(=O)C2CC3C=CC2C3)c1. The fourth-order valence-corrected chi connectivity index (χ4v) is 7.79. The normalized spacial score (nSPS) is 23.1. The summed E-state index contributed by atoms with van der Waals surface area (Å²) in [6.45, 7) is 0.472. The van der Waals surface area contributed by atoms with Crippen molar-refractivity contribution in [1.29, 1.82) is 0 Å². The maximum Gasteiger partial charge on any atom is 0.330 e. The first-order valence-corrected chi connectivity index (χ1v) is 18.5. The van der Waals surface area contributed by atoms with Gasteiger partial charge < -0.3 is 9.47 Å². The maximum atomic E-state index is 13.0. The van der Waals surface area contributed by atoms with Gasteiger partial charge in [0.1, 0.15) is 11.6 Å². The third-order valence-electron chi connectivity index (χ3n) is 10.7. The summed E-state index contributed by atoms with van der Waals surface area (Å²) in [6.07, 6.45) is 19.5. The van der Waals surface area contributed by atoms with Crippen molar-refractivity contribution in [3.63, 3.8) is 0 Å². The Balaban J connectivity index is 0.000000167. The minimum absolute atomic E-state index is 0.0534. The molecule has 4 aromatic carbocycles. The number of ketones is 2. The Morgan fingerprint density at radius 3 is 1.93 bits per heavy atom. The predicted octanol–water partition coefficient (Wildman–Crippen LogP) is 9.53. The Hall–Kier alpha value is -5.95. The number of carbonyl (C=O) groups is 4. The molecule has 0 aliphatic heterocycles. The van der Waals surface area contributed by atoms with Crippen LogP contribution in [0.15, 0.2) is 140 Å². The van der Waals surface area contributed by atoms with Gasteiger partial charge in [-0.2, -0.15) is 0 Å². The molecule has 0 spiro atoms. The van der Waals surface area contributed by atoms with Gasteiger partial charge in [-0.1, -0.05) is 97.1 Å². The van der Waals surface area contributed by atoms with Gasteiger partial charge in [-0.15, -0.1) is 0 Å². The van der Waals surface area contributed by atoms with Crippen LogP contribution in [-0.4, -0.2) is 30.1 Å². The second kappa shape index (κ2) is 16.8. The van der Waals surface area contributed by atoms with Crippen molar-refractivity contribution in [3.8, 4) is 5.75 Å². The van der Waals surface area contributed by atoms with Crippen LogP contribution in [0.2, 0.25) is 0 Å². The first kappa shape index (κ1) is 36.4. The highest BCUT2D eigenvalue weighted by Gasteiger charge is 2.41. The van der Waals surface area contributed by atoms with Crippen LogP contribution in [0.5, 0.6) is 5.75 Å². The zero-order chi connectivity index (χ0) is 37.4. The van der Waals surface area contributed by atoms with E-state index in [2.05, 4.69) is 24.3 Å². The predicted molar refractivity (Wildman–Crippen MR) is 206 cm³/mol. The lowest BCUT2D eigenvalue weighted by atomic mass is 9.94. The van der Waals surface area contributed by atoms with E-state index in [1.54, 1.807) is 60.7 Å². The van der Waals surface area contributed by atoms with E-state index in [1.165, 1.54) is 42.8 Å². The van der Waals surface area contributed by atoms with Crippen LogP contribution >= 0.6 is 0 Å². The van der Waals surface area contributed by atoms with Gasteiger partial charge in [0.2, 0.25) is 0 Å². The molecule has 4 bridgehead atoms. The number of fused-ring (bicyclic) bond motifs is 4. The highest BCUT2D eigenvalue weighted by atomic mass is 19.1. The maximum absolute atomic E-state index is 13.0. The number of hydrogen-bond acceptors (Lipinski definition) is 6. The highest BCUT2D eigenvalue weighted by Crippen LogP contribution is 2.44. The first-order chi connectivity index (χ1) is 26.3. The summed E-state index contributed by atoms with van der Waals surface area (Å²) in [7, 11) is 0. The standard InChI is InChI=1S/C24H21FO3.C23H20O3/c25-22-10-8-19(9-11-22)24(27)18-5-1-16(2-6-18)4-12-23(26)28-15-21-14-17-3-7-20(21)13-17;24-22(12-10-16-5-2-1-3-6-16)19-7-4-8-20(15-19)26-23(25)21-14-17-9-11-18(21)13-17/h1-12,17,20-21H,13-15H2;1-12,15,17-18,21H,13-14H2/b12-4+;12-10+. The van der Waals surface area contributed by atoms with Gasteiger partial charge in [0.05, 0.1) is 12.5 Å². The van der Waals surface area contributed by atoms with Crippen LogP contribution in [-0.2, 0) is 14.3 Å². The van der Waals surface area contributed by atoms with Gasteiger partial charge in [0.15, 0.2) is 11.6 Å². The van der Waals surface area contributed by atoms with Crippen molar-refractivity contribution >= 4 is 35.7 Å². The smallest absolute Gasteiger partial charge is 0.330 e. The van der Waals surface area contributed by atoms with Crippen molar-refractivity contribution in [2.45, 2.75) is 25.7 Å². The van der Waals surface area contributed by atoms with Crippen LogP contribution in [0.3, 0.4) is 0 Å². The molecular formula is C47H41FO6. The summed E-state index contributed by atoms with van der Waals surface area (Å²) in [4.78, 5) is 49.2. The quantitative estimate of drug-likeness (QED) is 0.0505. The van der Waals surface area contributed by atoms with Gasteiger partial charge >= 0.3 is 11.9 Å². The lowest BCUT2D eigenvalue weighted by Crippen LogP contribution is -2.24. The monoisotopic (exact) mass is 720 g/mol. The van der Waals surface area contributed by atoms with E-state index < -0.39 is 0 Å². The third kappa shape index (κ3) is 9.15. The molecule has 0 saturated heterocycles.